The second-order valence-electron chi connectivity index (χ2n) is 3.66. The van der Waals surface area contributed by atoms with Crippen molar-refractivity contribution in [3.63, 3.8) is 0 Å². The molecule has 0 aromatic carbocycles. The van der Waals surface area contributed by atoms with Crippen molar-refractivity contribution in [2.24, 2.45) is 11.5 Å². The third-order valence-corrected chi connectivity index (χ3v) is 2.63. The molecular weight excluding hydrogens is 248 g/mol. The van der Waals surface area contributed by atoms with Crippen LogP contribution in [0.15, 0.2) is 0 Å². The zero-order valence-electron chi connectivity index (χ0n) is 15.1. The Balaban J connectivity index is -0.0000000300. The molecule has 0 saturated heterocycles. The molecule has 1 aliphatic carbocycles. The predicted octanol–water partition coefficient (Wildman–Crippen LogP) is -11.5. The minimum Gasteiger partial charge on any atom is -1.00 e. The van der Waals surface area contributed by atoms with Crippen LogP contribution in [0, 0.1) is 0 Å². The van der Waals surface area contributed by atoms with Gasteiger partial charge >= 0.3 is 124 Å². The van der Waals surface area contributed by atoms with Crippen molar-refractivity contribution in [3.8, 4) is 0 Å². The van der Waals surface area contributed by atoms with E-state index in [1.807, 2.05) is 0 Å². The maximum Gasteiger partial charge on any atom is 1.00 e. The first-order valence-corrected chi connectivity index (χ1v) is 4.31. The summed E-state index contributed by atoms with van der Waals surface area (Å²) in [5.41, 5.74) is 11.0. The minimum absolute atomic E-state index is 0. The van der Waals surface area contributed by atoms with Crippen LogP contribution in [0.5, 0.6) is 0 Å². The monoisotopic (exact) mass is 268 g/mol. The van der Waals surface area contributed by atoms with Gasteiger partial charge in [-0.3, -0.25) is 4.79 Å². The molecule has 1 saturated carbocycles. The Morgan fingerprint density at radius 2 is 1.81 bits per heavy atom. The average Bonchev–Trinajstić information content (AvgIpc) is 1.94. The molecule has 0 amide bonds. The number of carbonyl (C=O) groups is 1. The molecule has 0 spiro atoms. The number of rotatable bonds is 2. The normalized spacial score (nSPS) is 27.2. The fraction of sp³-hybridized carbons (Fsp3) is 0.875. The summed E-state index contributed by atoms with van der Waals surface area (Å²) in [6, 6.07) is -0.151. The topological polar surface area (TPSA) is 89.3 Å². The first kappa shape index (κ1) is 27.7. The molecule has 0 aromatic heterocycles. The Hall–Kier alpha value is 3.39. The van der Waals surface area contributed by atoms with E-state index in [1.54, 1.807) is 0 Å². The van der Waals surface area contributed by atoms with Crippen molar-refractivity contribution in [2.75, 3.05) is 0 Å². The summed E-state index contributed by atoms with van der Waals surface area (Å²) < 4.78 is 0. The van der Waals surface area contributed by atoms with Crippen LogP contribution in [0.4, 0.5) is 0 Å². The van der Waals surface area contributed by atoms with Crippen LogP contribution >= 0.6 is 0 Å². The number of carboxylic acids is 1. The second-order valence-corrected chi connectivity index (χ2v) is 3.66. The molecular formula is C8H20N2Na4O2. The van der Waals surface area contributed by atoms with E-state index in [0.717, 1.165) is 25.7 Å². The van der Waals surface area contributed by atoms with Gasteiger partial charge in [-0.2, -0.15) is 0 Å². The summed E-state index contributed by atoms with van der Waals surface area (Å²) in [6.45, 7) is 0. The molecule has 16 heavy (non-hydrogen) atoms. The van der Waals surface area contributed by atoms with Gasteiger partial charge < -0.3 is 22.3 Å². The molecule has 1 rings (SSSR count). The van der Waals surface area contributed by atoms with Crippen LogP contribution in [0.3, 0.4) is 0 Å². The molecule has 2 atom stereocenters. The maximum atomic E-state index is 10.5. The van der Waals surface area contributed by atoms with Crippen LogP contribution in [-0.2, 0) is 4.79 Å². The average molecular weight is 268 g/mol. The van der Waals surface area contributed by atoms with Crippen LogP contribution in [0.1, 0.15) is 37.8 Å². The zero-order chi connectivity index (χ0) is 9.19. The Morgan fingerprint density at radius 1 is 1.31 bits per heavy atom. The summed E-state index contributed by atoms with van der Waals surface area (Å²) in [7, 11) is 0. The quantitative estimate of drug-likeness (QED) is 0.434. The van der Waals surface area contributed by atoms with E-state index in [2.05, 4.69) is 0 Å². The molecule has 1 aliphatic rings. The van der Waals surface area contributed by atoms with Gasteiger partial charge in [0.1, 0.15) is 0 Å². The Bertz CT molecular complexity index is 211. The molecule has 0 aliphatic heterocycles. The van der Waals surface area contributed by atoms with E-state index in [4.69, 9.17) is 16.6 Å². The number of hydrogen-bond donors (Lipinski definition) is 3. The largest absolute Gasteiger partial charge is 1.00 e. The molecule has 0 heterocycles. The van der Waals surface area contributed by atoms with Gasteiger partial charge in [-0.15, -0.1) is 0 Å². The van der Waals surface area contributed by atoms with Gasteiger partial charge in [0, 0.05) is 11.6 Å². The summed E-state index contributed by atoms with van der Waals surface area (Å²) in [4.78, 5) is 10.5. The van der Waals surface area contributed by atoms with Gasteiger partial charge in [-0.1, -0.05) is 12.8 Å². The summed E-state index contributed by atoms with van der Waals surface area (Å²) in [5, 5.41) is 8.61. The molecule has 8 heteroatoms. The van der Waals surface area contributed by atoms with E-state index in [1.165, 1.54) is 0 Å². The van der Waals surface area contributed by atoms with Crippen LogP contribution < -0.4 is 130 Å². The maximum absolute atomic E-state index is 10.5. The van der Waals surface area contributed by atoms with Crippen molar-refractivity contribution in [2.45, 2.75) is 43.7 Å². The van der Waals surface area contributed by atoms with Crippen LogP contribution in [-0.4, -0.2) is 22.7 Å². The van der Waals surface area contributed by atoms with Crippen molar-refractivity contribution in [3.05, 3.63) is 0 Å². The SMILES string of the molecule is NC1CCCCC1(N)CC(=O)O.[H-].[H-].[H-].[H-].[Na+].[Na+].[Na+].[Na+]. The summed E-state index contributed by atoms with van der Waals surface area (Å²) in [5.74, 6) is -0.852. The number of aliphatic carboxylic acids is 1. The third kappa shape index (κ3) is 9.32. The summed E-state index contributed by atoms with van der Waals surface area (Å²) in [6.07, 6.45) is 3.65. The Labute approximate surface area is 192 Å². The molecule has 5 N–H and O–H groups in total. The van der Waals surface area contributed by atoms with Gasteiger partial charge in [-0.25, -0.2) is 0 Å². The van der Waals surface area contributed by atoms with Crippen molar-refractivity contribution in [1.82, 2.24) is 0 Å². The van der Waals surface area contributed by atoms with E-state index < -0.39 is 11.5 Å². The molecule has 2 unspecified atom stereocenters. The Morgan fingerprint density at radius 3 is 2.19 bits per heavy atom. The molecule has 78 valence electrons. The van der Waals surface area contributed by atoms with Gasteiger partial charge in [0.15, 0.2) is 0 Å². The molecule has 1 fully saturated rings. The Kier molecular flexibility index (Phi) is 23.1. The van der Waals surface area contributed by atoms with Crippen molar-refractivity contribution in [1.29, 1.82) is 0 Å². The van der Waals surface area contributed by atoms with Crippen molar-refractivity contribution < 1.29 is 134 Å². The van der Waals surface area contributed by atoms with Crippen molar-refractivity contribution >= 4 is 5.97 Å². The fourth-order valence-electron chi connectivity index (χ4n) is 1.79. The van der Waals surface area contributed by atoms with Crippen LogP contribution in [0.25, 0.3) is 0 Å². The molecule has 0 radical (unpaired) electrons. The number of nitrogens with two attached hydrogens (primary N) is 2. The minimum atomic E-state index is -0.852. The molecule has 4 nitrogen and oxygen atoms in total. The van der Waals surface area contributed by atoms with E-state index >= 15 is 0 Å². The molecule has 0 aromatic rings. The first-order chi connectivity index (χ1) is 5.54. The van der Waals surface area contributed by atoms with Gasteiger partial charge in [0.2, 0.25) is 0 Å². The number of carboxylic acid groups (broad SMARTS) is 1. The van der Waals surface area contributed by atoms with E-state index in [9.17, 15) is 4.79 Å². The zero-order valence-corrected chi connectivity index (χ0v) is 19.1. The first-order valence-electron chi connectivity index (χ1n) is 4.31. The predicted molar refractivity (Wildman–Crippen MR) is 50.1 cm³/mol. The second kappa shape index (κ2) is 13.4. The number of hydrogen-bond acceptors (Lipinski definition) is 3. The van der Waals surface area contributed by atoms with Crippen LogP contribution in [0.2, 0.25) is 0 Å². The van der Waals surface area contributed by atoms with Gasteiger partial charge in [0.25, 0.3) is 0 Å². The smallest absolute Gasteiger partial charge is 1.00 e. The summed E-state index contributed by atoms with van der Waals surface area (Å²) >= 11 is 0. The third-order valence-electron chi connectivity index (χ3n) is 2.63. The molecule has 0 bridgehead atoms. The fourth-order valence-corrected chi connectivity index (χ4v) is 1.79. The van der Waals surface area contributed by atoms with E-state index in [-0.39, 0.29) is 136 Å². The van der Waals surface area contributed by atoms with Gasteiger partial charge in [-0.05, 0) is 12.8 Å². The van der Waals surface area contributed by atoms with E-state index in [0.29, 0.717) is 0 Å². The standard InChI is InChI=1S/C8H16N2O2.4Na.4H/c9-6-3-1-2-4-8(6,10)5-7(11)12;;;;;;;;/h6H,1-5,9-10H2,(H,11,12);;;;;;;;/q;4*+1;4*-1. The van der Waals surface area contributed by atoms with Gasteiger partial charge in [0.05, 0.1) is 6.42 Å².